The summed E-state index contributed by atoms with van der Waals surface area (Å²) < 4.78 is 30.8. The fourth-order valence-corrected chi connectivity index (χ4v) is 5.04. The summed E-state index contributed by atoms with van der Waals surface area (Å²) in [6, 6.07) is 20.4. The number of rotatable bonds is 6. The number of esters is 1. The van der Waals surface area contributed by atoms with Gasteiger partial charge < -0.3 is 4.74 Å². The minimum absolute atomic E-state index is 0.127. The van der Waals surface area contributed by atoms with Gasteiger partial charge in [0.2, 0.25) is 0 Å². The molecule has 6 nitrogen and oxygen atoms in total. The molecule has 3 aromatic carbocycles. The van der Waals surface area contributed by atoms with Gasteiger partial charge in [-0.1, -0.05) is 47.5 Å². The fraction of sp³-hybridized carbons (Fsp3) is 0.0435. The molecule has 0 aliphatic heterocycles. The number of ether oxygens (including phenoxy) is 1. The quantitative estimate of drug-likeness (QED) is 0.172. The van der Waals surface area contributed by atoms with Gasteiger partial charge in [-0.2, -0.15) is 13.5 Å². The number of benzene rings is 3. The number of carbonyl (C=O) groups excluding carboxylic acids is 1. The van der Waals surface area contributed by atoms with E-state index >= 15 is 0 Å². The number of aryl methyl sites for hydroxylation is 1. The number of hydrazone groups is 1. The van der Waals surface area contributed by atoms with E-state index in [1.807, 2.05) is 31.2 Å². The second-order valence-electron chi connectivity index (χ2n) is 6.87. The average molecular weight is 485 g/mol. The highest BCUT2D eigenvalue weighted by Gasteiger charge is 2.19. The van der Waals surface area contributed by atoms with Crippen molar-refractivity contribution in [2.75, 3.05) is 0 Å². The third kappa shape index (κ3) is 4.83. The zero-order valence-electron chi connectivity index (χ0n) is 16.8. The Morgan fingerprint density at radius 1 is 1.03 bits per heavy atom. The van der Waals surface area contributed by atoms with Crippen molar-refractivity contribution >= 4 is 55.2 Å². The van der Waals surface area contributed by atoms with Crippen LogP contribution in [-0.4, -0.2) is 20.6 Å². The van der Waals surface area contributed by atoms with Crippen LogP contribution in [0.25, 0.3) is 10.1 Å². The maximum absolute atomic E-state index is 12.5. The molecule has 0 bridgehead atoms. The van der Waals surface area contributed by atoms with Crippen LogP contribution in [0.1, 0.15) is 20.8 Å². The van der Waals surface area contributed by atoms with Crippen molar-refractivity contribution in [1.29, 1.82) is 0 Å². The van der Waals surface area contributed by atoms with Crippen molar-refractivity contribution in [1.82, 2.24) is 4.83 Å². The topological polar surface area (TPSA) is 84.8 Å². The van der Waals surface area contributed by atoms with Crippen LogP contribution in [0.5, 0.6) is 5.75 Å². The van der Waals surface area contributed by atoms with Gasteiger partial charge in [0.25, 0.3) is 10.0 Å². The highest BCUT2D eigenvalue weighted by atomic mass is 35.5. The second kappa shape index (κ2) is 9.12. The Labute approximate surface area is 194 Å². The minimum Gasteiger partial charge on any atom is -0.422 e. The molecule has 9 heteroatoms. The Bertz CT molecular complexity index is 1410. The first-order chi connectivity index (χ1) is 15.3. The van der Waals surface area contributed by atoms with Crippen molar-refractivity contribution in [3.8, 4) is 5.75 Å². The van der Waals surface area contributed by atoms with Gasteiger partial charge in [0.15, 0.2) is 0 Å². The molecule has 0 radical (unpaired) electrons. The lowest BCUT2D eigenvalue weighted by atomic mass is 10.2. The summed E-state index contributed by atoms with van der Waals surface area (Å²) in [6.45, 7) is 1.88. The number of fused-ring (bicyclic) bond motifs is 1. The standard InChI is InChI=1S/C23H17ClN2O4S2/c1-15-6-12-18(13-7-15)32(28,29)26-25-14-16-8-10-17(11-9-16)30-23(27)22-21(24)19-4-2-3-5-20(19)31-22/h2-14,26H,1H3/b25-14+. The Hall–Kier alpha value is -3.20. The van der Waals surface area contributed by atoms with Gasteiger partial charge in [-0.05, 0) is 55.0 Å². The molecule has 0 fully saturated rings. The first-order valence-corrected chi connectivity index (χ1v) is 12.1. The molecule has 0 spiro atoms. The first kappa shape index (κ1) is 22.0. The van der Waals surface area contributed by atoms with E-state index in [1.165, 1.54) is 29.7 Å². The molecule has 0 atom stereocenters. The van der Waals surface area contributed by atoms with E-state index in [4.69, 9.17) is 16.3 Å². The minimum atomic E-state index is -3.75. The van der Waals surface area contributed by atoms with E-state index in [2.05, 4.69) is 9.93 Å². The lowest BCUT2D eigenvalue weighted by Crippen LogP contribution is -2.18. The number of nitrogens with zero attached hydrogens (tertiary/aromatic N) is 1. The van der Waals surface area contributed by atoms with Gasteiger partial charge in [0, 0.05) is 10.1 Å². The number of thiophene rings is 1. The summed E-state index contributed by atoms with van der Waals surface area (Å²) in [5.74, 6) is -0.204. The summed E-state index contributed by atoms with van der Waals surface area (Å²) in [5.41, 5.74) is 1.58. The maximum Gasteiger partial charge on any atom is 0.355 e. The zero-order chi connectivity index (χ0) is 22.7. The SMILES string of the molecule is Cc1ccc(S(=O)(=O)N/N=C/c2ccc(OC(=O)c3sc4ccccc4c3Cl)cc2)cc1. The van der Waals surface area contributed by atoms with E-state index in [0.29, 0.717) is 21.2 Å². The third-order valence-corrected chi connectivity index (χ3v) is 7.42. The molecule has 1 aromatic heterocycles. The third-order valence-electron chi connectivity index (χ3n) is 4.53. The number of halogens is 1. The van der Waals surface area contributed by atoms with E-state index in [-0.39, 0.29) is 4.90 Å². The lowest BCUT2D eigenvalue weighted by Gasteiger charge is -2.04. The van der Waals surface area contributed by atoms with Crippen LogP contribution in [0, 0.1) is 6.92 Å². The van der Waals surface area contributed by atoms with Crippen LogP contribution < -0.4 is 9.57 Å². The van der Waals surface area contributed by atoms with Gasteiger partial charge in [-0.15, -0.1) is 11.3 Å². The zero-order valence-corrected chi connectivity index (χ0v) is 19.2. The molecular weight excluding hydrogens is 468 g/mol. The van der Waals surface area contributed by atoms with Gasteiger partial charge in [0.1, 0.15) is 10.6 Å². The molecule has 0 saturated carbocycles. The highest BCUT2D eigenvalue weighted by Crippen LogP contribution is 2.35. The van der Waals surface area contributed by atoms with Crippen molar-refractivity contribution in [3.05, 3.63) is 93.8 Å². The second-order valence-corrected chi connectivity index (χ2v) is 9.96. The van der Waals surface area contributed by atoms with Crippen molar-refractivity contribution in [2.24, 2.45) is 5.10 Å². The predicted molar refractivity (Wildman–Crippen MR) is 127 cm³/mol. The van der Waals surface area contributed by atoms with Gasteiger partial charge in [-0.25, -0.2) is 9.63 Å². The highest BCUT2D eigenvalue weighted by molar-refractivity contribution is 7.89. The van der Waals surface area contributed by atoms with Crippen LogP contribution >= 0.6 is 22.9 Å². The van der Waals surface area contributed by atoms with Crippen LogP contribution in [-0.2, 0) is 10.0 Å². The van der Waals surface area contributed by atoms with Crippen LogP contribution in [0.2, 0.25) is 5.02 Å². The molecule has 0 aliphatic carbocycles. The Morgan fingerprint density at radius 2 is 1.72 bits per heavy atom. The molecule has 1 N–H and O–H groups in total. The number of hydrogen-bond donors (Lipinski definition) is 1. The molecule has 0 saturated heterocycles. The van der Waals surface area contributed by atoms with Crippen LogP contribution in [0.4, 0.5) is 0 Å². The fourth-order valence-electron chi connectivity index (χ4n) is 2.86. The van der Waals surface area contributed by atoms with Gasteiger partial charge >= 0.3 is 5.97 Å². The molecule has 32 heavy (non-hydrogen) atoms. The first-order valence-electron chi connectivity index (χ1n) is 9.44. The molecule has 0 aliphatic rings. The van der Waals surface area contributed by atoms with Crippen molar-refractivity contribution in [3.63, 3.8) is 0 Å². The lowest BCUT2D eigenvalue weighted by molar-refractivity contribution is 0.0740. The molecule has 0 amide bonds. The number of nitrogens with one attached hydrogen (secondary N) is 1. The summed E-state index contributed by atoms with van der Waals surface area (Å²) in [5, 5.41) is 4.99. The number of carbonyl (C=O) groups is 1. The van der Waals surface area contributed by atoms with Gasteiger partial charge in [-0.3, -0.25) is 0 Å². The average Bonchev–Trinajstić information content (AvgIpc) is 3.12. The molecule has 1 heterocycles. The monoisotopic (exact) mass is 484 g/mol. The van der Waals surface area contributed by atoms with E-state index < -0.39 is 16.0 Å². The summed E-state index contributed by atoms with van der Waals surface area (Å²) >= 11 is 7.60. The van der Waals surface area contributed by atoms with Crippen LogP contribution in [0.15, 0.2) is 82.8 Å². The van der Waals surface area contributed by atoms with Crippen molar-refractivity contribution in [2.45, 2.75) is 11.8 Å². The van der Waals surface area contributed by atoms with Gasteiger partial charge in [0.05, 0.1) is 16.1 Å². The molecule has 0 unspecified atom stereocenters. The predicted octanol–water partition coefficient (Wildman–Crippen LogP) is 5.39. The van der Waals surface area contributed by atoms with Crippen LogP contribution in [0.3, 0.4) is 0 Å². The molecule has 4 rings (SSSR count). The number of hydrogen-bond acceptors (Lipinski definition) is 6. The van der Waals surface area contributed by atoms with Crippen molar-refractivity contribution < 1.29 is 17.9 Å². The Kier molecular flexibility index (Phi) is 6.27. The molecule has 162 valence electrons. The Morgan fingerprint density at radius 3 is 2.41 bits per heavy atom. The number of sulfonamides is 1. The van der Waals surface area contributed by atoms with E-state index in [1.54, 1.807) is 36.4 Å². The molecule has 4 aromatic rings. The summed E-state index contributed by atoms with van der Waals surface area (Å²) in [4.78, 5) is 15.2. The van der Waals surface area contributed by atoms with E-state index in [0.717, 1.165) is 15.6 Å². The smallest absolute Gasteiger partial charge is 0.355 e. The Balaban J connectivity index is 1.41. The summed E-state index contributed by atoms with van der Waals surface area (Å²) in [7, 11) is -3.75. The summed E-state index contributed by atoms with van der Waals surface area (Å²) in [6.07, 6.45) is 1.36. The van der Waals surface area contributed by atoms with E-state index in [9.17, 15) is 13.2 Å². The normalized spacial score (nSPS) is 11.7. The largest absolute Gasteiger partial charge is 0.422 e. The molecular formula is C23H17ClN2O4S2. The maximum atomic E-state index is 12.5.